The molecule has 0 aliphatic carbocycles. The van der Waals surface area contributed by atoms with Gasteiger partial charge in [0.15, 0.2) is 0 Å². The second kappa shape index (κ2) is 8.83. The minimum Gasteiger partial charge on any atom is -0.372 e. The largest absolute Gasteiger partial charge is 0.372 e. The molecule has 2 aromatic heterocycles. The molecule has 0 radical (unpaired) electrons. The molecule has 1 aromatic carbocycles. The first-order chi connectivity index (χ1) is 14.3. The average Bonchev–Trinajstić information content (AvgIpc) is 3.26. The Labute approximate surface area is 181 Å². The van der Waals surface area contributed by atoms with Crippen molar-refractivity contribution in [2.75, 3.05) is 23.3 Å². The van der Waals surface area contributed by atoms with Gasteiger partial charge in [0.1, 0.15) is 11.2 Å². The fourth-order valence-electron chi connectivity index (χ4n) is 3.31. The van der Waals surface area contributed by atoms with Gasteiger partial charge >= 0.3 is 0 Å². The predicted molar refractivity (Wildman–Crippen MR) is 125 cm³/mol. The molecule has 0 spiro atoms. The Morgan fingerprint density at radius 3 is 2.50 bits per heavy atom. The number of anilines is 2. The zero-order chi connectivity index (χ0) is 21.9. The highest BCUT2D eigenvalue weighted by atomic mass is 32.1. The topological polar surface area (TPSA) is 67.2 Å². The molecule has 2 heterocycles. The van der Waals surface area contributed by atoms with Gasteiger partial charge in [0.2, 0.25) is 0 Å². The molecule has 0 unspecified atom stereocenters. The van der Waals surface area contributed by atoms with E-state index in [0.717, 1.165) is 34.9 Å². The van der Waals surface area contributed by atoms with E-state index in [9.17, 15) is 9.59 Å². The van der Waals surface area contributed by atoms with Crippen LogP contribution in [0.2, 0.25) is 0 Å². The third-order valence-corrected chi connectivity index (χ3v) is 6.14. The molecule has 0 atom stereocenters. The molecule has 6 nitrogen and oxygen atoms in total. The maximum absolute atomic E-state index is 13.1. The van der Waals surface area contributed by atoms with E-state index in [2.05, 4.69) is 35.2 Å². The van der Waals surface area contributed by atoms with Crippen molar-refractivity contribution < 1.29 is 4.79 Å². The number of carbonyl (C=O) groups excluding carboxylic acids is 1. The van der Waals surface area contributed by atoms with Crippen LogP contribution in [0.15, 0.2) is 52.6 Å². The van der Waals surface area contributed by atoms with Gasteiger partial charge in [0.25, 0.3) is 11.5 Å². The van der Waals surface area contributed by atoms with Gasteiger partial charge in [-0.2, -0.15) is 5.10 Å². The summed E-state index contributed by atoms with van der Waals surface area (Å²) in [6, 6.07) is 13.0. The van der Waals surface area contributed by atoms with Crippen molar-refractivity contribution in [1.82, 2.24) is 9.78 Å². The SMILES string of the molecule is CCN(CC)c1ccc(NC(=O)C(C)(C)n2nc(-c3cccs3)ccc2=O)c(C)c1. The van der Waals surface area contributed by atoms with Gasteiger partial charge in [0.05, 0.1) is 4.88 Å². The van der Waals surface area contributed by atoms with Gasteiger partial charge < -0.3 is 10.2 Å². The molecule has 0 saturated carbocycles. The van der Waals surface area contributed by atoms with Crippen LogP contribution < -0.4 is 15.8 Å². The Hall–Kier alpha value is -2.93. The second-order valence-corrected chi connectivity index (χ2v) is 8.58. The highest BCUT2D eigenvalue weighted by Gasteiger charge is 2.32. The maximum Gasteiger partial charge on any atom is 0.267 e. The number of hydrogen-bond acceptors (Lipinski definition) is 5. The van der Waals surface area contributed by atoms with E-state index in [1.165, 1.54) is 22.1 Å². The van der Waals surface area contributed by atoms with E-state index in [0.29, 0.717) is 5.69 Å². The van der Waals surface area contributed by atoms with E-state index < -0.39 is 5.54 Å². The minimum absolute atomic E-state index is 0.292. The van der Waals surface area contributed by atoms with Crippen LogP contribution in [0.4, 0.5) is 11.4 Å². The van der Waals surface area contributed by atoms with Gasteiger partial charge in [-0.15, -0.1) is 11.3 Å². The van der Waals surface area contributed by atoms with Gasteiger partial charge in [-0.25, -0.2) is 4.68 Å². The highest BCUT2D eigenvalue weighted by Crippen LogP contribution is 2.26. The van der Waals surface area contributed by atoms with Crippen molar-refractivity contribution in [2.24, 2.45) is 0 Å². The summed E-state index contributed by atoms with van der Waals surface area (Å²) < 4.78 is 1.26. The number of nitrogens with zero attached hydrogens (tertiary/aromatic N) is 3. The first-order valence-electron chi connectivity index (χ1n) is 10.1. The standard InChI is InChI=1S/C23H28N4O2S/c1-6-26(7-2)17-10-11-18(16(3)15-17)24-22(29)23(4,5)27-21(28)13-12-19(25-27)20-9-8-14-30-20/h8-15H,6-7H2,1-5H3,(H,24,29). The Kier molecular flexibility index (Phi) is 6.41. The summed E-state index contributed by atoms with van der Waals surface area (Å²) in [6.45, 7) is 11.5. The van der Waals surface area contributed by atoms with Crippen LogP contribution in [0.3, 0.4) is 0 Å². The molecule has 0 aliphatic heterocycles. The molecule has 0 bridgehead atoms. The van der Waals surface area contributed by atoms with E-state index in [4.69, 9.17) is 0 Å². The van der Waals surface area contributed by atoms with Crippen LogP contribution in [-0.2, 0) is 10.3 Å². The van der Waals surface area contributed by atoms with Crippen molar-refractivity contribution in [3.63, 3.8) is 0 Å². The summed E-state index contributed by atoms with van der Waals surface area (Å²) in [5.41, 5.74) is 2.02. The van der Waals surface area contributed by atoms with E-state index in [1.54, 1.807) is 19.9 Å². The Balaban J connectivity index is 1.88. The zero-order valence-corrected chi connectivity index (χ0v) is 18.9. The molecule has 3 aromatic rings. The maximum atomic E-state index is 13.1. The average molecular weight is 425 g/mol. The number of benzene rings is 1. The van der Waals surface area contributed by atoms with Crippen molar-refractivity contribution >= 4 is 28.6 Å². The molecule has 7 heteroatoms. The van der Waals surface area contributed by atoms with Crippen LogP contribution in [0, 0.1) is 6.92 Å². The lowest BCUT2D eigenvalue weighted by atomic mass is 10.0. The summed E-state index contributed by atoms with van der Waals surface area (Å²) >= 11 is 1.54. The monoisotopic (exact) mass is 424 g/mol. The Morgan fingerprint density at radius 2 is 1.90 bits per heavy atom. The van der Waals surface area contributed by atoms with Crippen molar-refractivity contribution in [1.29, 1.82) is 0 Å². The normalized spacial score (nSPS) is 11.4. The van der Waals surface area contributed by atoms with Crippen LogP contribution in [0.1, 0.15) is 33.3 Å². The molecule has 1 N–H and O–H groups in total. The molecule has 30 heavy (non-hydrogen) atoms. The number of thiophene rings is 1. The van der Waals surface area contributed by atoms with Gasteiger partial charge in [-0.05, 0) is 75.9 Å². The Morgan fingerprint density at radius 1 is 1.17 bits per heavy atom. The Bertz CT molecular complexity index is 1080. The van der Waals surface area contributed by atoms with Crippen molar-refractivity contribution in [3.05, 3.63) is 63.8 Å². The first-order valence-corrected chi connectivity index (χ1v) is 11.0. The zero-order valence-electron chi connectivity index (χ0n) is 18.1. The van der Waals surface area contributed by atoms with Crippen LogP contribution in [0.25, 0.3) is 10.6 Å². The van der Waals surface area contributed by atoms with E-state index >= 15 is 0 Å². The smallest absolute Gasteiger partial charge is 0.267 e. The van der Waals surface area contributed by atoms with Crippen LogP contribution in [0.5, 0.6) is 0 Å². The fraction of sp³-hybridized carbons (Fsp3) is 0.348. The van der Waals surface area contributed by atoms with Gasteiger partial charge in [-0.1, -0.05) is 6.07 Å². The van der Waals surface area contributed by atoms with Crippen LogP contribution >= 0.6 is 11.3 Å². The number of aromatic nitrogens is 2. The third-order valence-electron chi connectivity index (χ3n) is 5.25. The minimum atomic E-state index is -1.16. The van der Waals surface area contributed by atoms with Crippen molar-refractivity contribution in [3.8, 4) is 10.6 Å². The number of rotatable bonds is 7. The molecule has 3 rings (SSSR count). The fourth-order valence-corrected chi connectivity index (χ4v) is 4.00. The number of hydrogen-bond donors (Lipinski definition) is 1. The lowest BCUT2D eigenvalue weighted by Gasteiger charge is -2.26. The summed E-state index contributed by atoms with van der Waals surface area (Å²) in [6.07, 6.45) is 0. The van der Waals surface area contributed by atoms with Gasteiger partial charge in [0, 0.05) is 30.5 Å². The summed E-state index contributed by atoms with van der Waals surface area (Å²) in [4.78, 5) is 28.9. The quantitative estimate of drug-likeness (QED) is 0.606. The number of carbonyl (C=O) groups is 1. The van der Waals surface area contributed by atoms with E-state index in [1.807, 2.05) is 36.6 Å². The number of aryl methyl sites for hydroxylation is 1. The first kappa shape index (κ1) is 21.8. The molecule has 0 saturated heterocycles. The third kappa shape index (κ3) is 4.31. The molecule has 158 valence electrons. The molecular weight excluding hydrogens is 396 g/mol. The molecule has 0 fully saturated rings. The lowest BCUT2D eigenvalue weighted by Crippen LogP contribution is -2.47. The number of amides is 1. The van der Waals surface area contributed by atoms with Crippen molar-refractivity contribution in [2.45, 2.75) is 40.2 Å². The van der Waals surface area contributed by atoms with E-state index in [-0.39, 0.29) is 11.5 Å². The summed E-state index contributed by atoms with van der Waals surface area (Å²) in [7, 11) is 0. The molecular formula is C23H28N4O2S. The molecule has 1 amide bonds. The molecule has 0 aliphatic rings. The number of nitrogens with one attached hydrogen (secondary N) is 1. The van der Waals surface area contributed by atoms with Gasteiger partial charge in [-0.3, -0.25) is 9.59 Å². The second-order valence-electron chi connectivity index (χ2n) is 7.63. The highest BCUT2D eigenvalue weighted by molar-refractivity contribution is 7.13. The summed E-state index contributed by atoms with van der Waals surface area (Å²) in [5.74, 6) is -0.292. The lowest BCUT2D eigenvalue weighted by molar-refractivity contribution is -0.123. The van der Waals surface area contributed by atoms with Crippen LogP contribution in [-0.4, -0.2) is 28.8 Å². The summed E-state index contributed by atoms with van der Waals surface area (Å²) in [5, 5.41) is 9.41. The predicted octanol–water partition coefficient (Wildman–Crippen LogP) is 4.50.